The van der Waals surface area contributed by atoms with Gasteiger partial charge in [0.15, 0.2) is 0 Å². The number of hydrogen-bond acceptors (Lipinski definition) is 4. The van der Waals surface area contributed by atoms with E-state index >= 15 is 0 Å². The number of esters is 1. The lowest BCUT2D eigenvalue weighted by atomic mass is 9.63. The maximum Gasteiger partial charge on any atom is 0.337 e. The molecule has 7 heteroatoms. The summed E-state index contributed by atoms with van der Waals surface area (Å²) in [5.74, 6) is -1.27. The van der Waals surface area contributed by atoms with Crippen molar-refractivity contribution in [3.8, 4) is 22.9 Å². The fourth-order valence-corrected chi connectivity index (χ4v) is 5.74. The number of fused-ring (bicyclic) bond motifs is 2. The zero-order valence-corrected chi connectivity index (χ0v) is 20.2. The lowest BCUT2D eigenvalue weighted by Crippen LogP contribution is -2.36. The Labute approximate surface area is 212 Å². The van der Waals surface area contributed by atoms with Crippen LogP contribution in [-0.2, 0) is 16.7 Å². The molecule has 0 radical (unpaired) electrons. The molecule has 0 saturated heterocycles. The van der Waals surface area contributed by atoms with Crippen molar-refractivity contribution in [2.24, 2.45) is 4.99 Å². The Morgan fingerprint density at radius 1 is 1.11 bits per heavy atom. The Balaban J connectivity index is 1.72. The Bertz CT molecular complexity index is 1620. The standard InChI is InChI=1S/C30H23F2N3O2/c1-37-29(36)19-5-3-18(4-6-19)26-24-15-20-17-34-28(32)23(20)16-25(24)35(22-9-7-21(31)8-10-22)27(26)30(13-14-33)11-2-12-30/h3-10,15-16H,2,11-13,17H2,1H3. The maximum atomic E-state index is 14.7. The smallest absolute Gasteiger partial charge is 0.337 e. The monoisotopic (exact) mass is 495 g/mol. The van der Waals surface area contributed by atoms with E-state index in [9.17, 15) is 18.8 Å². The van der Waals surface area contributed by atoms with E-state index < -0.39 is 17.3 Å². The van der Waals surface area contributed by atoms with Crippen LogP contribution in [0.3, 0.4) is 0 Å². The molecular formula is C30H23F2N3O2. The van der Waals surface area contributed by atoms with E-state index in [1.54, 1.807) is 24.3 Å². The second-order valence-corrected chi connectivity index (χ2v) is 9.71. The number of carbonyl (C=O) groups is 1. The summed E-state index contributed by atoms with van der Waals surface area (Å²) in [4.78, 5) is 16.1. The van der Waals surface area contributed by atoms with Gasteiger partial charge in [0.25, 0.3) is 0 Å². The number of nitriles is 1. The lowest BCUT2D eigenvalue weighted by molar-refractivity contribution is 0.0600. The summed E-state index contributed by atoms with van der Waals surface area (Å²) in [6, 6.07) is 19.6. The molecule has 4 aromatic rings. The van der Waals surface area contributed by atoms with Gasteiger partial charge in [0.2, 0.25) is 5.97 Å². The molecule has 1 fully saturated rings. The largest absolute Gasteiger partial charge is 0.465 e. The average Bonchev–Trinajstić information content (AvgIpc) is 3.42. The average molecular weight is 496 g/mol. The topological polar surface area (TPSA) is 67.4 Å². The first-order valence-electron chi connectivity index (χ1n) is 12.2. The summed E-state index contributed by atoms with van der Waals surface area (Å²) in [7, 11) is 1.34. The number of nitrogens with zero attached hydrogens (tertiary/aromatic N) is 3. The zero-order chi connectivity index (χ0) is 25.7. The van der Waals surface area contributed by atoms with Crippen LogP contribution in [0.1, 0.15) is 52.9 Å². The molecule has 3 aromatic carbocycles. The number of halogens is 2. The molecule has 0 atom stereocenters. The molecule has 0 unspecified atom stereocenters. The second-order valence-electron chi connectivity index (χ2n) is 9.71. The van der Waals surface area contributed by atoms with Crippen LogP contribution in [0.5, 0.6) is 0 Å². The molecule has 1 aliphatic heterocycles. The molecule has 184 valence electrons. The molecule has 0 spiro atoms. The van der Waals surface area contributed by atoms with Crippen LogP contribution >= 0.6 is 0 Å². The molecule has 1 aliphatic carbocycles. The van der Waals surface area contributed by atoms with Crippen LogP contribution in [0.25, 0.3) is 27.7 Å². The minimum Gasteiger partial charge on any atom is -0.465 e. The van der Waals surface area contributed by atoms with Gasteiger partial charge in [0.1, 0.15) is 5.82 Å². The molecule has 0 N–H and O–H groups in total. The van der Waals surface area contributed by atoms with E-state index in [4.69, 9.17) is 4.74 Å². The van der Waals surface area contributed by atoms with Gasteiger partial charge in [0.05, 0.1) is 30.8 Å². The second kappa shape index (κ2) is 8.67. The zero-order valence-electron chi connectivity index (χ0n) is 20.2. The number of ether oxygens (including phenoxy) is 1. The van der Waals surface area contributed by atoms with E-state index in [1.807, 2.05) is 24.3 Å². The van der Waals surface area contributed by atoms with Gasteiger partial charge >= 0.3 is 5.97 Å². The Morgan fingerprint density at radius 2 is 1.84 bits per heavy atom. The fourth-order valence-electron chi connectivity index (χ4n) is 5.74. The molecule has 2 heterocycles. The Hall–Kier alpha value is -4.31. The molecule has 0 amide bonds. The molecule has 37 heavy (non-hydrogen) atoms. The van der Waals surface area contributed by atoms with Crippen molar-refractivity contribution in [3.05, 3.63) is 88.9 Å². The SMILES string of the molecule is COC(=O)c1ccc(-c2c(C3(CC#N)CCC3)n(-c3ccc(F)cc3)c3cc4c(cc23)CN=C4F)cc1. The van der Waals surface area contributed by atoms with Crippen molar-refractivity contribution in [1.82, 2.24) is 4.57 Å². The maximum absolute atomic E-state index is 14.7. The van der Waals surface area contributed by atoms with Gasteiger partial charge in [-0.2, -0.15) is 9.65 Å². The van der Waals surface area contributed by atoms with E-state index in [0.29, 0.717) is 17.5 Å². The third kappa shape index (κ3) is 3.55. The highest BCUT2D eigenvalue weighted by atomic mass is 19.1. The number of rotatable bonds is 5. The van der Waals surface area contributed by atoms with Crippen LogP contribution in [0.4, 0.5) is 8.78 Å². The molecule has 0 bridgehead atoms. The normalized spacial score (nSPS) is 15.6. The number of benzene rings is 3. The van der Waals surface area contributed by atoms with Crippen molar-refractivity contribution in [2.75, 3.05) is 7.11 Å². The number of aromatic nitrogens is 1. The van der Waals surface area contributed by atoms with Crippen LogP contribution < -0.4 is 0 Å². The summed E-state index contributed by atoms with van der Waals surface area (Å²) in [6.45, 7) is 0.262. The number of carbonyl (C=O) groups excluding carboxylic acids is 1. The quantitative estimate of drug-likeness (QED) is 0.286. The Kier molecular flexibility index (Phi) is 5.41. The van der Waals surface area contributed by atoms with Crippen LogP contribution in [-0.4, -0.2) is 23.6 Å². The summed E-state index contributed by atoms with van der Waals surface area (Å²) >= 11 is 0. The predicted octanol–water partition coefficient (Wildman–Crippen LogP) is 6.79. The first kappa shape index (κ1) is 23.1. The van der Waals surface area contributed by atoms with Crippen molar-refractivity contribution in [2.45, 2.75) is 37.6 Å². The van der Waals surface area contributed by atoms with Crippen LogP contribution in [0, 0.1) is 17.1 Å². The number of hydrogen-bond donors (Lipinski definition) is 0. The van der Waals surface area contributed by atoms with Gasteiger partial charge in [-0.3, -0.25) is 4.99 Å². The predicted molar refractivity (Wildman–Crippen MR) is 137 cm³/mol. The van der Waals surface area contributed by atoms with Gasteiger partial charge in [-0.25, -0.2) is 9.18 Å². The number of methoxy groups -OCH3 is 1. The Morgan fingerprint density at radius 3 is 2.46 bits per heavy atom. The first-order chi connectivity index (χ1) is 18.0. The highest BCUT2D eigenvalue weighted by Crippen LogP contribution is 2.53. The van der Waals surface area contributed by atoms with Gasteiger partial charge < -0.3 is 9.30 Å². The van der Waals surface area contributed by atoms with Crippen molar-refractivity contribution < 1.29 is 18.3 Å². The summed E-state index contributed by atoms with van der Waals surface area (Å²) < 4.78 is 35.5. The van der Waals surface area contributed by atoms with E-state index in [0.717, 1.165) is 58.2 Å². The van der Waals surface area contributed by atoms with E-state index in [-0.39, 0.29) is 12.4 Å². The summed E-state index contributed by atoms with van der Waals surface area (Å²) in [5.41, 5.74) is 5.53. The van der Waals surface area contributed by atoms with Gasteiger partial charge in [-0.15, -0.1) is 0 Å². The minimum absolute atomic E-state index is 0.262. The van der Waals surface area contributed by atoms with Gasteiger partial charge in [-0.05, 0) is 72.5 Å². The fraction of sp³-hybridized carbons (Fsp3) is 0.233. The third-order valence-electron chi connectivity index (χ3n) is 7.71. The molecule has 6 rings (SSSR count). The lowest BCUT2D eigenvalue weighted by Gasteiger charge is -2.42. The van der Waals surface area contributed by atoms with Gasteiger partial charge in [-0.1, -0.05) is 18.6 Å². The molecule has 1 saturated carbocycles. The van der Waals surface area contributed by atoms with Crippen molar-refractivity contribution in [1.29, 1.82) is 5.26 Å². The molecule has 5 nitrogen and oxygen atoms in total. The minimum atomic E-state index is -0.496. The summed E-state index contributed by atoms with van der Waals surface area (Å²) in [5, 5.41) is 10.7. The molecule has 2 aliphatic rings. The van der Waals surface area contributed by atoms with E-state index in [1.165, 1.54) is 19.2 Å². The molecule has 1 aromatic heterocycles. The van der Waals surface area contributed by atoms with Crippen molar-refractivity contribution in [3.63, 3.8) is 0 Å². The summed E-state index contributed by atoms with van der Waals surface area (Å²) in [6.07, 6.45) is 2.99. The molecular weight excluding hydrogens is 472 g/mol. The third-order valence-corrected chi connectivity index (χ3v) is 7.71. The highest BCUT2D eigenvalue weighted by Gasteiger charge is 2.44. The number of aliphatic imine (C=N–C) groups is 1. The highest BCUT2D eigenvalue weighted by molar-refractivity contribution is 6.06. The van der Waals surface area contributed by atoms with Crippen LogP contribution in [0.15, 0.2) is 65.7 Å². The van der Waals surface area contributed by atoms with E-state index in [2.05, 4.69) is 15.6 Å². The van der Waals surface area contributed by atoms with Crippen LogP contribution in [0.2, 0.25) is 0 Å². The first-order valence-corrected chi connectivity index (χ1v) is 12.2. The van der Waals surface area contributed by atoms with Gasteiger partial charge in [0, 0.05) is 39.7 Å². The van der Waals surface area contributed by atoms with Crippen molar-refractivity contribution >= 4 is 22.8 Å².